The SMILES string of the molecule is C/C=C(/C=C1\C/C(=C/C(=C\C)SC)C\C1=C/CC)CC. The van der Waals surface area contributed by atoms with Crippen LogP contribution in [0.3, 0.4) is 0 Å². The quantitative estimate of drug-likeness (QED) is 0.549. The van der Waals surface area contributed by atoms with Gasteiger partial charge in [-0.3, -0.25) is 0 Å². The minimum atomic E-state index is 1.11. The van der Waals surface area contributed by atoms with Crippen LogP contribution in [0.4, 0.5) is 0 Å². The molecular weight excluding hydrogens is 260 g/mol. The predicted molar refractivity (Wildman–Crippen MR) is 95.1 cm³/mol. The number of hydrogen-bond donors (Lipinski definition) is 0. The summed E-state index contributed by atoms with van der Waals surface area (Å²) in [6.07, 6.45) is 18.2. The summed E-state index contributed by atoms with van der Waals surface area (Å²) in [5.74, 6) is 0. The third-order valence-electron chi connectivity index (χ3n) is 3.70. The number of allylic oxidation sites excluding steroid dienone is 9. The van der Waals surface area contributed by atoms with Crippen molar-refractivity contribution in [3.63, 3.8) is 0 Å². The smallest absolute Gasteiger partial charge is 0.00262 e. The first-order valence-corrected chi connectivity index (χ1v) is 8.85. The Kier molecular flexibility index (Phi) is 7.76. The molecular formula is C19H28S. The average molecular weight is 289 g/mol. The van der Waals surface area contributed by atoms with Gasteiger partial charge in [-0.15, -0.1) is 11.8 Å². The van der Waals surface area contributed by atoms with Gasteiger partial charge in [-0.05, 0) is 63.0 Å². The van der Waals surface area contributed by atoms with Crippen molar-refractivity contribution >= 4 is 11.8 Å². The molecule has 0 nitrogen and oxygen atoms in total. The standard InChI is InChI=1S/C19H28S/c1-6-10-17-12-16(14-19(9-4)20-5)13-18(17)11-15(7-2)8-3/h7,9-11,14H,6,8,12-13H2,1-5H3/b15-7+,16-14+,17-10+,18-11+,19-9+. The summed E-state index contributed by atoms with van der Waals surface area (Å²) in [6.45, 7) is 8.71. The van der Waals surface area contributed by atoms with Crippen LogP contribution in [0.5, 0.6) is 0 Å². The zero-order valence-electron chi connectivity index (χ0n) is 13.6. The Morgan fingerprint density at radius 1 is 1.05 bits per heavy atom. The van der Waals surface area contributed by atoms with E-state index in [4.69, 9.17) is 0 Å². The maximum atomic E-state index is 2.40. The first kappa shape index (κ1) is 17.1. The molecule has 0 heterocycles. The molecule has 0 spiro atoms. The largest absolute Gasteiger partial charge is 0.130 e. The van der Waals surface area contributed by atoms with Crippen LogP contribution in [0.1, 0.15) is 53.4 Å². The van der Waals surface area contributed by atoms with Gasteiger partial charge in [0.15, 0.2) is 0 Å². The second-order valence-corrected chi connectivity index (χ2v) is 5.96. The average Bonchev–Trinajstić information content (AvgIpc) is 2.84. The van der Waals surface area contributed by atoms with Gasteiger partial charge in [0.05, 0.1) is 0 Å². The second kappa shape index (κ2) is 9.07. The lowest BCUT2D eigenvalue weighted by atomic mass is 10.0. The van der Waals surface area contributed by atoms with Crippen molar-refractivity contribution in [2.24, 2.45) is 0 Å². The summed E-state index contributed by atoms with van der Waals surface area (Å²) >= 11 is 1.83. The summed E-state index contributed by atoms with van der Waals surface area (Å²) in [4.78, 5) is 1.37. The van der Waals surface area contributed by atoms with E-state index in [2.05, 4.69) is 64.3 Å². The molecule has 0 unspecified atom stereocenters. The van der Waals surface area contributed by atoms with Gasteiger partial charge in [-0.25, -0.2) is 0 Å². The molecule has 0 N–H and O–H groups in total. The van der Waals surface area contributed by atoms with Crippen LogP contribution in [-0.4, -0.2) is 6.26 Å². The van der Waals surface area contributed by atoms with Crippen molar-refractivity contribution in [2.75, 3.05) is 6.26 Å². The lowest BCUT2D eigenvalue weighted by Crippen LogP contribution is -1.82. The molecule has 0 bridgehead atoms. The van der Waals surface area contributed by atoms with Crippen LogP contribution in [-0.2, 0) is 0 Å². The highest BCUT2D eigenvalue weighted by atomic mass is 32.2. The molecule has 0 aromatic heterocycles. The fourth-order valence-corrected chi connectivity index (χ4v) is 3.07. The van der Waals surface area contributed by atoms with Crippen molar-refractivity contribution in [1.29, 1.82) is 0 Å². The maximum Gasteiger partial charge on any atom is 0.00262 e. The highest BCUT2D eigenvalue weighted by Gasteiger charge is 2.18. The van der Waals surface area contributed by atoms with Gasteiger partial charge < -0.3 is 0 Å². The first-order chi connectivity index (χ1) is 9.68. The Morgan fingerprint density at radius 3 is 2.25 bits per heavy atom. The van der Waals surface area contributed by atoms with E-state index in [1.54, 1.807) is 5.57 Å². The molecule has 0 atom stereocenters. The van der Waals surface area contributed by atoms with Crippen molar-refractivity contribution in [3.05, 3.63) is 57.6 Å². The predicted octanol–water partition coefficient (Wildman–Crippen LogP) is 6.59. The molecule has 0 aromatic rings. The topological polar surface area (TPSA) is 0 Å². The van der Waals surface area contributed by atoms with Crippen molar-refractivity contribution in [1.82, 2.24) is 0 Å². The molecule has 110 valence electrons. The molecule has 1 rings (SSSR count). The minimum Gasteiger partial charge on any atom is -0.130 e. The van der Waals surface area contributed by atoms with E-state index in [0.717, 1.165) is 25.7 Å². The molecule has 1 saturated carbocycles. The van der Waals surface area contributed by atoms with Crippen LogP contribution < -0.4 is 0 Å². The second-order valence-electron chi connectivity index (χ2n) is 5.08. The van der Waals surface area contributed by atoms with E-state index in [1.165, 1.54) is 21.6 Å². The third kappa shape index (κ3) is 4.86. The molecule has 1 aliphatic carbocycles. The van der Waals surface area contributed by atoms with E-state index in [-0.39, 0.29) is 0 Å². The molecule has 0 aliphatic heterocycles. The van der Waals surface area contributed by atoms with E-state index < -0.39 is 0 Å². The van der Waals surface area contributed by atoms with Gasteiger partial charge in [-0.1, -0.05) is 49.3 Å². The molecule has 1 heteroatoms. The van der Waals surface area contributed by atoms with Crippen molar-refractivity contribution in [2.45, 2.75) is 53.4 Å². The first-order valence-electron chi connectivity index (χ1n) is 7.63. The normalized spacial score (nSPS) is 23.4. The minimum absolute atomic E-state index is 1.11. The summed E-state index contributed by atoms with van der Waals surface area (Å²) in [5.41, 5.74) is 6.04. The Morgan fingerprint density at radius 2 is 1.75 bits per heavy atom. The van der Waals surface area contributed by atoms with Crippen molar-refractivity contribution < 1.29 is 0 Å². The zero-order valence-corrected chi connectivity index (χ0v) is 14.4. The van der Waals surface area contributed by atoms with Crippen LogP contribution in [0.15, 0.2) is 57.6 Å². The van der Waals surface area contributed by atoms with Crippen LogP contribution >= 0.6 is 11.8 Å². The van der Waals surface area contributed by atoms with Crippen LogP contribution in [0.25, 0.3) is 0 Å². The molecule has 0 radical (unpaired) electrons. The van der Waals surface area contributed by atoms with E-state index in [1.807, 2.05) is 11.8 Å². The summed E-state index contributed by atoms with van der Waals surface area (Å²) < 4.78 is 0. The monoisotopic (exact) mass is 288 g/mol. The van der Waals surface area contributed by atoms with Crippen LogP contribution in [0, 0.1) is 0 Å². The number of rotatable bonds is 5. The number of thioether (sulfide) groups is 1. The van der Waals surface area contributed by atoms with Gasteiger partial charge in [-0.2, -0.15) is 0 Å². The van der Waals surface area contributed by atoms with Gasteiger partial charge in [0.1, 0.15) is 0 Å². The van der Waals surface area contributed by atoms with Gasteiger partial charge in [0, 0.05) is 4.91 Å². The Bertz CT molecular complexity index is 470. The maximum absolute atomic E-state index is 2.40. The van der Waals surface area contributed by atoms with E-state index in [9.17, 15) is 0 Å². The molecule has 0 amide bonds. The zero-order chi connectivity index (χ0) is 15.0. The highest BCUT2D eigenvalue weighted by molar-refractivity contribution is 8.02. The molecule has 1 fully saturated rings. The third-order valence-corrected chi connectivity index (χ3v) is 4.53. The summed E-state index contributed by atoms with van der Waals surface area (Å²) in [5, 5.41) is 0. The van der Waals surface area contributed by atoms with Crippen molar-refractivity contribution in [3.8, 4) is 0 Å². The van der Waals surface area contributed by atoms with Gasteiger partial charge in [0.25, 0.3) is 0 Å². The van der Waals surface area contributed by atoms with Gasteiger partial charge >= 0.3 is 0 Å². The number of hydrogen-bond acceptors (Lipinski definition) is 1. The lowest BCUT2D eigenvalue weighted by molar-refractivity contribution is 1.12. The van der Waals surface area contributed by atoms with Crippen LogP contribution in [0.2, 0.25) is 0 Å². The fourth-order valence-electron chi connectivity index (χ4n) is 2.55. The Hall–Kier alpha value is -0.950. The molecule has 0 saturated heterocycles. The summed E-state index contributed by atoms with van der Waals surface area (Å²) in [6, 6.07) is 0. The Labute approximate surface area is 129 Å². The van der Waals surface area contributed by atoms with E-state index >= 15 is 0 Å². The highest BCUT2D eigenvalue weighted by Crippen LogP contribution is 2.37. The van der Waals surface area contributed by atoms with Gasteiger partial charge in [0.2, 0.25) is 0 Å². The summed E-state index contributed by atoms with van der Waals surface area (Å²) in [7, 11) is 0. The molecule has 20 heavy (non-hydrogen) atoms. The lowest BCUT2D eigenvalue weighted by Gasteiger charge is -2.02. The molecule has 0 aromatic carbocycles. The Balaban J connectivity index is 3.05. The van der Waals surface area contributed by atoms with E-state index in [0.29, 0.717) is 0 Å². The fraction of sp³-hybridized carbons (Fsp3) is 0.474. The molecule has 1 aliphatic rings.